The van der Waals surface area contributed by atoms with Gasteiger partial charge in [-0.25, -0.2) is 4.68 Å². The van der Waals surface area contributed by atoms with Gasteiger partial charge >= 0.3 is 0 Å². The van der Waals surface area contributed by atoms with Gasteiger partial charge < -0.3 is 10.2 Å². The maximum atomic E-state index is 12.8. The van der Waals surface area contributed by atoms with Crippen molar-refractivity contribution in [1.29, 1.82) is 0 Å². The fraction of sp³-hybridized carbons (Fsp3) is 0.261. The molecule has 2 amide bonds. The lowest BCUT2D eigenvalue weighted by molar-refractivity contribution is -0.118. The molecular weight excluding hydrogens is 364 g/mol. The number of hydrogen-bond acceptors (Lipinski definition) is 3. The normalized spacial score (nSPS) is 13.4. The third-order valence-corrected chi connectivity index (χ3v) is 5.25. The van der Waals surface area contributed by atoms with Crippen LogP contribution in [-0.4, -0.2) is 28.6 Å². The van der Waals surface area contributed by atoms with Gasteiger partial charge in [-0.2, -0.15) is 5.10 Å². The molecule has 0 fully saturated rings. The minimum absolute atomic E-state index is 0.113. The number of carbonyl (C=O) groups is 2. The molecule has 0 atom stereocenters. The molecule has 2 aromatic carbocycles. The molecule has 0 radical (unpaired) electrons. The van der Waals surface area contributed by atoms with E-state index in [-0.39, 0.29) is 11.8 Å². The van der Waals surface area contributed by atoms with Crippen molar-refractivity contribution < 1.29 is 9.59 Å². The summed E-state index contributed by atoms with van der Waals surface area (Å²) in [4.78, 5) is 26.3. The highest BCUT2D eigenvalue weighted by Crippen LogP contribution is 2.29. The van der Waals surface area contributed by atoms with Crippen LogP contribution in [0, 0.1) is 20.8 Å². The first-order chi connectivity index (χ1) is 13.8. The van der Waals surface area contributed by atoms with Crippen molar-refractivity contribution >= 4 is 23.2 Å². The quantitative estimate of drug-likeness (QED) is 0.739. The Morgan fingerprint density at radius 3 is 2.45 bits per heavy atom. The van der Waals surface area contributed by atoms with Crippen LogP contribution in [0.25, 0.3) is 5.69 Å². The number of aryl methyl sites for hydroxylation is 4. The van der Waals surface area contributed by atoms with Crippen LogP contribution in [0.15, 0.2) is 42.5 Å². The summed E-state index contributed by atoms with van der Waals surface area (Å²) in [5.74, 6) is -0.141. The second kappa shape index (κ2) is 7.20. The Bertz CT molecular complexity index is 1110. The summed E-state index contributed by atoms with van der Waals surface area (Å²) in [5, 5.41) is 7.45. The zero-order valence-electron chi connectivity index (χ0n) is 17.1. The van der Waals surface area contributed by atoms with Crippen LogP contribution in [0.5, 0.6) is 0 Å². The third-order valence-electron chi connectivity index (χ3n) is 5.25. The van der Waals surface area contributed by atoms with E-state index < -0.39 is 0 Å². The molecule has 148 valence electrons. The Morgan fingerprint density at radius 2 is 1.72 bits per heavy atom. The molecule has 1 aliphatic heterocycles. The number of fused-ring (bicyclic) bond motifs is 1. The lowest BCUT2D eigenvalue weighted by atomic mass is 10.0. The second-order valence-corrected chi connectivity index (χ2v) is 7.68. The standard InChI is InChI=1S/C23H24N4O2/c1-14-9-15(2)11-19(10-14)27-16(3)12-20(25-27)23(29)24-18-6-7-21-17(13-18)5-8-22(28)26(21)4/h6-7,9-13H,5,8H2,1-4H3,(H,24,29). The van der Waals surface area contributed by atoms with Crippen molar-refractivity contribution in [3.05, 3.63) is 70.5 Å². The molecule has 0 unspecified atom stereocenters. The topological polar surface area (TPSA) is 67.2 Å². The van der Waals surface area contributed by atoms with Crippen LogP contribution in [0.1, 0.15) is 39.3 Å². The van der Waals surface area contributed by atoms with Crippen LogP contribution >= 0.6 is 0 Å². The van der Waals surface area contributed by atoms with Crippen molar-refractivity contribution in [3.63, 3.8) is 0 Å². The number of benzene rings is 2. The van der Waals surface area contributed by atoms with Gasteiger partial charge in [0.25, 0.3) is 5.91 Å². The predicted octanol–water partition coefficient (Wildman–Crippen LogP) is 3.96. The van der Waals surface area contributed by atoms with Gasteiger partial charge in [0.1, 0.15) is 0 Å². The molecule has 0 spiro atoms. The molecule has 0 bridgehead atoms. The van der Waals surface area contributed by atoms with E-state index in [1.54, 1.807) is 22.7 Å². The van der Waals surface area contributed by atoms with Crippen molar-refractivity contribution in [3.8, 4) is 5.69 Å². The van der Waals surface area contributed by atoms with Crippen LogP contribution in [0.2, 0.25) is 0 Å². The monoisotopic (exact) mass is 388 g/mol. The highest BCUT2D eigenvalue weighted by molar-refractivity contribution is 6.03. The lowest BCUT2D eigenvalue weighted by Gasteiger charge is -2.26. The number of rotatable bonds is 3. The van der Waals surface area contributed by atoms with Gasteiger partial charge in [0, 0.05) is 30.5 Å². The molecule has 29 heavy (non-hydrogen) atoms. The largest absolute Gasteiger partial charge is 0.321 e. The molecule has 0 aliphatic carbocycles. The fourth-order valence-corrected chi connectivity index (χ4v) is 3.85. The molecule has 6 nitrogen and oxygen atoms in total. The highest BCUT2D eigenvalue weighted by Gasteiger charge is 2.21. The summed E-state index contributed by atoms with van der Waals surface area (Å²) >= 11 is 0. The number of hydrogen-bond donors (Lipinski definition) is 1. The number of nitrogens with one attached hydrogen (secondary N) is 1. The van der Waals surface area contributed by atoms with E-state index in [0.717, 1.165) is 33.8 Å². The van der Waals surface area contributed by atoms with Crippen molar-refractivity contribution in [1.82, 2.24) is 9.78 Å². The molecule has 3 aromatic rings. The summed E-state index contributed by atoms with van der Waals surface area (Å²) in [6.45, 7) is 6.03. The molecule has 4 rings (SSSR count). The van der Waals surface area contributed by atoms with Gasteiger partial charge in [-0.1, -0.05) is 6.07 Å². The number of anilines is 2. The molecule has 1 aromatic heterocycles. The Morgan fingerprint density at radius 1 is 1.00 bits per heavy atom. The minimum atomic E-state index is -0.253. The first-order valence-corrected chi connectivity index (χ1v) is 9.68. The molecule has 0 saturated carbocycles. The Hall–Kier alpha value is -3.41. The van der Waals surface area contributed by atoms with Gasteiger partial charge in [0.05, 0.1) is 5.69 Å². The van der Waals surface area contributed by atoms with E-state index in [1.165, 1.54) is 0 Å². The van der Waals surface area contributed by atoms with Crippen LogP contribution < -0.4 is 10.2 Å². The number of amides is 2. The highest BCUT2D eigenvalue weighted by atomic mass is 16.2. The fourth-order valence-electron chi connectivity index (χ4n) is 3.85. The Balaban J connectivity index is 1.58. The van der Waals surface area contributed by atoms with E-state index in [4.69, 9.17) is 0 Å². The average Bonchev–Trinajstić information content (AvgIpc) is 3.06. The Labute approximate surface area is 170 Å². The minimum Gasteiger partial charge on any atom is -0.321 e. The van der Waals surface area contributed by atoms with Crippen LogP contribution in [0.4, 0.5) is 11.4 Å². The number of carbonyl (C=O) groups excluding carboxylic acids is 2. The van der Waals surface area contributed by atoms with E-state index in [0.29, 0.717) is 24.2 Å². The first kappa shape index (κ1) is 18.9. The summed E-state index contributed by atoms with van der Waals surface area (Å²) in [5.41, 5.74) is 7.17. The lowest BCUT2D eigenvalue weighted by Crippen LogP contribution is -2.31. The van der Waals surface area contributed by atoms with Gasteiger partial charge in [-0.15, -0.1) is 0 Å². The van der Waals surface area contributed by atoms with E-state index in [9.17, 15) is 9.59 Å². The van der Waals surface area contributed by atoms with Crippen molar-refractivity contribution in [2.75, 3.05) is 17.3 Å². The van der Waals surface area contributed by atoms with Gasteiger partial charge in [-0.05, 0) is 80.3 Å². The maximum Gasteiger partial charge on any atom is 0.276 e. The van der Waals surface area contributed by atoms with E-state index in [2.05, 4.69) is 28.6 Å². The second-order valence-electron chi connectivity index (χ2n) is 7.68. The molecular formula is C23H24N4O2. The van der Waals surface area contributed by atoms with Crippen molar-refractivity contribution in [2.45, 2.75) is 33.6 Å². The van der Waals surface area contributed by atoms with Gasteiger partial charge in [0.15, 0.2) is 5.69 Å². The summed E-state index contributed by atoms with van der Waals surface area (Å²) in [6.07, 6.45) is 1.17. The number of aromatic nitrogens is 2. The summed E-state index contributed by atoms with van der Waals surface area (Å²) < 4.78 is 1.79. The molecule has 2 heterocycles. The summed E-state index contributed by atoms with van der Waals surface area (Å²) in [6, 6.07) is 13.6. The first-order valence-electron chi connectivity index (χ1n) is 9.68. The number of nitrogens with zero attached hydrogens (tertiary/aromatic N) is 3. The Kier molecular flexibility index (Phi) is 4.70. The molecule has 0 saturated heterocycles. The smallest absolute Gasteiger partial charge is 0.276 e. The van der Waals surface area contributed by atoms with E-state index >= 15 is 0 Å². The summed E-state index contributed by atoms with van der Waals surface area (Å²) in [7, 11) is 1.78. The zero-order valence-corrected chi connectivity index (χ0v) is 17.1. The van der Waals surface area contributed by atoms with Gasteiger partial charge in [-0.3, -0.25) is 9.59 Å². The van der Waals surface area contributed by atoms with E-state index in [1.807, 2.05) is 39.0 Å². The maximum absolute atomic E-state index is 12.8. The zero-order chi connectivity index (χ0) is 20.7. The molecule has 6 heteroatoms. The third kappa shape index (κ3) is 3.66. The molecule has 1 aliphatic rings. The molecule has 1 N–H and O–H groups in total. The average molecular weight is 388 g/mol. The van der Waals surface area contributed by atoms with Crippen molar-refractivity contribution in [2.24, 2.45) is 0 Å². The predicted molar refractivity (Wildman–Crippen MR) is 114 cm³/mol. The SMILES string of the molecule is Cc1cc(C)cc(-n2nc(C(=O)Nc3ccc4c(c3)CCC(=O)N4C)cc2C)c1. The van der Waals surface area contributed by atoms with Gasteiger partial charge in [0.2, 0.25) is 5.91 Å². The van der Waals surface area contributed by atoms with Crippen LogP contribution in [-0.2, 0) is 11.2 Å². The van der Waals surface area contributed by atoms with Crippen LogP contribution in [0.3, 0.4) is 0 Å².